The molecule has 0 aromatic rings. The van der Waals surface area contributed by atoms with E-state index in [-0.39, 0.29) is 41.6 Å². The fourth-order valence-electron chi connectivity index (χ4n) is 4.97. The lowest BCUT2D eigenvalue weighted by atomic mass is 9.84. The van der Waals surface area contributed by atoms with Crippen molar-refractivity contribution in [2.45, 2.75) is 75.7 Å². The van der Waals surface area contributed by atoms with Crippen LogP contribution in [0.4, 0.5) is 0 Å². The van der Waals surface area contributed by atoms with Crippen LogP contribution in [0.15, 0.2) is 0 Å². The second-order valence-electron chi connectivity index (χ2n) is 9.90. The fraction of sp³-hybridized carbons (Fsp3) is 0.900. The Morgan fingerprint density at radius 2 is 1.93 bits per heavy atom. The molecule has 0 saturated carbocycles. The van der Waals surface area contributed by atoms with E-state index in [1.54, 1.807) is 11.9 Å². The maximum atomic E-state index is 13.7. The molecule has 6 atom stereocenters. The lowest BCUT2D eigenvalue weighted by Gasteiger charge is -2.39. The number of likely N-dealkylation sites (N-methyl/N-ethyl adjacent to an activating group) is 2. The van der Waals surface area contributed by atoms with Gasteiger partial charge in [-0.05, 0) is 18.3 Å². The van der Waals surface area contributed by atoms with E-state index >= 15 is 0 Å². The molecule has 3 unspecified atom stereocenters. The van der Waals surface area contributed by atoms with E-state index in [0.29, 0.717) is 12.6 Å². The number of carbonyl (C=O) groups excluding carboxylic acids is 2. The van der Waals surface area contributed by atoms with E-state index in [1.165, 1.54) is 0 Å². The van der Waals surface area contributed by atoms with Gasteiger partial charge in [0, 0.05) is 51.6 Å². The number of aliphatic hydroxyl groups is 1. The van der Waals surface area contributed by atoms with Gasteiger partial charge in [0.05, 0.1) is 12.1 Å². The van der Waals surface area contributed by atoms with Gasteiger partial charge in [-0.15, -0.1) is 11.6 Å². The van der Waals surface area contributed by atoms with Crippen LogP contribution in [0.1, 0.15) is 40.0 Å². The number of β-amino-alcohol motifs (C(OH)–C–C–N with tert-alkyl or cyclic N) is 1. The Balaban J connectivity index is 1.78. The highest BCUT2D eigenvalue weighted by Gasteiger charge is 2.49. The second kappa shape index (κ2) is 9.26. The highest BCUT2D eigenvalue weighted by molar-refractivity contribution is 6.20. The summed E-state index contributed by atoms with van der Waals surface area (Å²) >= 11 is 6.24. The SMILES string of the molecule is CNC(=O)[C@@H]1C[C@@H](O)CN1C(=O)[C@@H](N1CC(C2CCC(Cl)CN2)N(C)N1)C(C)(C)C. The molecule has 172 valence electrons. The first-order valence-electron chi connectivity index (χ1n) is 10.9. The van der Waals surface area contributed by atoms with Crippen LogP contribution in [0.25, 0.3) is 0 Å². The van der Waals surface area contributed by atoms with Crippen LogP contribution in [0, 0.1) is 5.41 Å². The Morgan fingerprint density at radius 3 is 2.50 bits per heavy atom. The monoisotopic (exact) mass is 444 g/mol. The highest BCUT2D eigenvalue weighted by Crippen LogP contribution is 2.31. The molecule has 3 fully saturated rings. The Morgan fingerprint density at radius 1 is 1.23 bits per heavy atom. The normalized spacial score (nSPS) is 34.9. The number of likely N-dealkylation sites (tertiary alicyclic amines) is 1. The van der Waals surface area contributed by atoms with Crippen LogP contribution in [0.3, 0.4) is 0 Å². The third kappa shape index (κ3) is 4.92. The molecule has 0 aromatic carbocycles. The summed E-state index contributed by atoms with van der Waals surface area (Å²) in [5.41, 5.74) is 3.00. The Bertz CT molecular complexity index is 637. The van der Waals surface area contributed by atoms with E-state index in [9.17, 15) is 14.7 Å². The van der Waals surface area contributed by atoms with Crippen molar-refractivity contribution in [2.75, 3.05) is 33.7 Å². The molecule has 4 N–H and O–H groups in total. The molecule has 0 radical (unpaired) electrons. The van der Waals surface area contributed by atoms with Crippen LogP contribution in [-0.4, -0.2) is 101 Å². The summed E-state index contributed by atoms with van der Waals surface area (Å²) in [6.45, 7) is 7.74. The minimum Gasteiger partial charge on any atom is -0.391 e. The zero-order valence-electron chi connectivity index (χ0n) is 18.7. The zero-order valence-corrected chi connectivity index (χ0v) is 19.4. The number of hydrogen-bond acceptors (Lipinski definition) is 7. The summed E-state index contributed by atoms with van der Waals surface area (Å²) in [6, 6.07) is -0.623. The van der Waals surface area contributed by atoms with Gasteiger partial charge in [0.2, 0.25) is 11.8 Å². The molecule has 2 amide bonds. The number of alkyl halides is 1. The second-order valence-corrected chi connectivity index (χ2v) is 10.5. The summed E-state index contributed by atoms with van der Waals surface area (Å²) in [5, 5.41) is 20.5. The molecule has 0 aliphatic carbocycles. The fourth-order valence-corrected chi connectivity index (χ4v) is 5.19. The molecule has 0 bridgehead atoms. The minimum absolute atomic E-state index is 0.133. The molecular formula is C20H37ClN6O3. The first-order valence-corrected chi connectivity index (χ1v) is 11.3. The summed E-state index contributed by atoms with van der Waals surface area (Å²) in [6.07, 6.45) is 1.55. The maximum Gasteiger partial charge on any atom is 0.242 e. The number of rotatable bonds is 4. The van der Waals surface area contributed by atoms with Gasteiger partial charge in [-0.2, -0.15) is 5.53 Å². The summed E-state index contributed by atoms with van der Waals surface area (Å²) in [5.74, 6) is -0.370. The largest absolute Gasteiger partial charge is 0.391 e. The number of amides is 2. The van der Waals surface area contributed by atoms with Gasteiger partial charge in [0.15, 0.2) is 0 Å². The lowest BCUT2D eigenvalue weighted by Crippen LogP contribution is -2.60. The number of nitrogens with zero attached hydrogens (tertiary/aromatic N) is 3. The van der Waals surface area contributed by atoms with Crippen molar-refractivity contribution in [3.05, 3.63) is 0 Å². The van der Waals surface area contributed by atoms with Crippen LogP contribution < -0.4 is 16.2 Å². The molecule has 3 rings (SSSR count). The van der Waals surface area contributed by atoms with Crippen LogP contribution in [0.5, 0.6) is 0 Å². The van der Waals surface area contributed by atoms with Crippen molar-refractivity contribution in [3.8, 4) is 0 Å². The average molecular weight is 445 g/mol. The Hall–Kier alpha value is -0.970. The minimum atomic E-state index is -0.686. The first kappa shape index (κ1) is 23.7. The smallest absolute Gasteiger partial charge is 0.242 e. The third-order valence-electron chi connectivity index (χ3n) is 6.50. The molecule has 3 aliphatic rings. The van der Waals surface area contributed by atoms with Gasteiger partial charge in [0.1, 0.15) is 12.1 Å². The van der Waals surface area contributed by atoms with E-state index in [0.717, 1.165) is 19.4 Å². The number of piperidine rings is 1. The van der Waals surface area contributed by atoms with Gasteiger partial charge >= 0.3 is 0 Å². The van der Waals surface area contributed by atoms with Crippen molar-refractivity contribution >= 4 is 23.4 Å². The quantitative estimate of drug-likeness (QED) is 0.434. The van der Waals surface area contributed by atoms with Gasteiger partial charge in [-0.25, -0.2) is 10.0 Å². The van der Waals surface area contributed by atoms with Crippen molar-refractivity contribution in [1.82, 2.24) is 31.1 Å². The van der Waals surface area contributed by atoms with E-state index in [2.05, 4.69) is 21.2 Å². The topological polar surface area (TPSA) is 100 Å². The zero-order chi connectivity index (χ0) is 22.2. The molecule has 0 spiro atoms. The summed E-state index contributed by atoms with van der Waals surface area (Å²) in [7, 11) is 3.55. The molecule has 30 heavy (non-hydrogen) atoms. The summed E-state index contributed by atoms with van der Waals surface area (Å²) in [4.78, 5) is 27.6. The van der Waals surface area contributed by atoms with Crippen molar-refractivity contribution in [2.24, 2.45) is 5.41 Å². The Kier molecular flexibility index (Phi) is 7.31. The predicted octanol–water partition coefficient (Wildman–Crippen LogP) is -0.496. The van der Waals surface area contributed by atoms with Gasteiger partial charge in [-0.1, -0.05) is 20.8 Å². The highest BCUT2D eigenvalue weighted by atomic mass is 35.5. The number of nitrogens with one attached hydrogen (secondary N) is 3. The molecule has 0 aromatic heterocycles. The van der Waals surface area contributed by atoms with Crippen LogP contribution in [-0.2, 0) is 9.59 Å². The number of aliphatic hydroxyl groups excluding tert-OH is 1. The molecular weight excluding hydrogens is 408 g/mol. The lowest BCUT2D eigenvalue weighted by molar-refractivity contribution is -0.148. The van der Waals surface area contributed by atoms with E-state index in [1.807, 2.05) is 32.8 Å². The molecule has 3 saturated heterocycles. The molecule has 3 heterocycles. The average Bonchev–Trinajstić information content (AvgIpc) is 3.23. The van der Waals surface area contributed by atoms with E-state index in [4.69, 9.17) is 11.6 Å². The van der Waals surface area contributed by atoms with Crippen molar-refractivity contribution in [3.63, 3.8) is 0 Å². The molecule has 9 nitrogen and oxygen atoms in total. The third-order valence-corrected chi connectivity index (χ3v) is 6.87. The summed E-state index contributed by atoms with van der Waals surface area (Å²) < 4.78 is 0. The first-order chi connectivity index (χ1) is 14.0. The van der Waals surface area contributed by atoms with Crippen LogP contribution in [0.2, 0.25) is 0 Å². The number of hydrogen-bond donors (Lipinski definition) is 4. The van der Waals surface area contributed by atoms with Crippen molar-refractivity contribution in [1.29, 1.82) is 0 Å². The van der Waals surface area contributed by atoms with Crippen LogP contribution >= 0.6 is 11.6 Å². The van der Waals surface area contributed by atoms with Crippen molar-refractivity contribution < 1.29 is 14.7 Å². The molecule has 3 aliphatic heterocycles. The van der Waals surface area contributed by atoms with Gasteiger partial charge < -0.3 is 20.6 Å². The van der Waals surface area contributed by atoms with Gasteiger partial charge in [-0.3, -0.25) is 9.59 Å². The van der Waals surface area contributed by atoms with E-state index < -0.39 is 18.2 Å². The number of hydrazine groups is 2. The number of halogens is 1. The predicted molar refractivity (Wildman–Crippen MR) is 115 cm³/mol. The maximum absolute atomic E-state index is 13.7. The Labute approximate surface area is 184 Å². The van der Waals surface area contributed by atoms with Gasteiger partial charge in [0.25, 0.3) is 0 Å². The number of carbonyl (C=O) groups is 2. The molecule has 10 heteroatoms. The standard InChI is InChI=1S/C20H37ClN6O3/c1-20(2,3)17(19(30)26-10-13(28)8-15(26)18(29)22-4)27-11-16(25(5)24-27)14-7-6-12(21)9-23-14/h12-17,23-24,28H,6-11H2,1-5H3,(H,22,29)/t12?,13-,14?,15+,16?,17-/m1/s1.